The highest BCUT2D eigenvalue weighted by Crippen LogP contribution is 2.24. The zero-order valence-electron chi connectivity index (χ0n) is 9.96. The lowest BCUT2D eigenvalue weighted by Crippen LogP contribution is -2.43. The van der Waals surface area contributed by atoms with E-state index >= 15 is 0 Å². The van der Waals surface area contributed by atoms with Crippen molar-refractivity contribution < 1.29 is 14.6 Å². The predicted octanol–water partition coefficient (Wildman–Crippen LogP) is 1.98. The normalized spacial score (nSPS) is 30.9. The first-order valence-electron chi connectivity index (χ1n) is 5.44. The van der Waals surface area contributed by atoms with Gasteiger partial charge in [-0.3, -0.25) is 0 Å². The monoisotopic (exact) mass is 229 g/mol. The minimum absolute atomic E-state index is 0.141. The van der Waals surface area contributed by atoms with Crippen LogP contribution in [0.4, 0.5) is 0 Å². The van der Waals surface area contributed by atoms with Gasteiger partial charge < -0.3 is 14.6 Å². The van der Waals surface area contributed by atoms with Gasteiger partial charge in [0, 0.05) is 11.3 Å². The number of aliphatic hydroxyl groups excluding tert-OH is 1. The third-order valence-electron chi connectivity index (χ3n) is 2.26. The first kappa shape index (κ1) is 13.3. The zero-order valence-corrected chi connectivity index (χ0v) is 9.96. The Bertz CT molecular complexity index is 271. The van der Waals surface area contributed by atoms with Gasteiger partial charge in [-0.15, -0.1) is 0 Å². The molecule has 0 saturated carbocycles. The fraction of sp³-hybridized carbons (Fsp3) is 1.00. The van der Waals surface area contributed by atoms with Gasteiger partial charge in [-0.1, -0.05) is 5.11 Å². The third kappa shape index (κ3) is 4.37. The van der Waals surface area contributed by atoms with Gasteiger partial charge in [0.05, 0.1) is 24.4 Å². The van der Waals surface area contributed by atoms with Crippen LogP contribution < -0.4 is 0 Å². The summed E-state index contributed by atoms with van der Waals surface area (Å²) in [5.74, 6) is 0. The molecule has 0 spiro atoms. The summed E-state index contributed by atoms with van der Waals surface area (Å²) in [5, 5.41) is 13.1. The lowest BCUT2D eigenvalue weighted by Gasteiger charge is -2.36. The fourth-order valence-electron chi connectivity index (χ4n) is 1.61. The summed E-state index contributed by atoms with van der Waals surface area (Å²) in [4.78, 5) is 2.66. The molecular formula is C10H19N3O3. The lowest BCUT2D eigenvalue weighted by atomic mass is 10.0. The van der Waals surface area contributed by atoms with Gasteiger partial charge in [0.1, 0.15) is 0 Å². The second-order valence-electron chi connectivity index (χ2n) is 4.89. The molecule has 1 unspecified atom stereocenters. The van der Waals surface area contributed by atoms with Crippen LogP contribution in [0.3, 0.4) is 0 Å². The highest BCUT2D eigenvalue weighted by atomic mass is 16.7. The van der Waals surface area contributed by atoms with Gasteiger partial charge in [-0.2, -0.15) is 0 Å². The van der Waals surface area contributed by atoms with E-state index in [1.165, 1.54) is 0 Å². The Balaban J connectivity index is 2.50. The highest BCUT2D eigenvalue weighted by molar-refractivity contribution is 4.78. The predicted molar refractivity (Wildman–Crippen MR) is 58.8 cm³/mol. The van der Waals surface area contributed by atoms with Gasteiger partial charge in [0.2, 0.25) is 0 Å². The Morgan fingerprint density at radius 2 is 2.19 bits per heavy atom. The van der Waals surface area contributed by atoms with E-state index in [1.807, 2.05) is 20.8 Å². The van der Waals surface area contributed by atoms with E-state index in [9.17, 15) is 5.11 Å². The largest absolute Gasteiger partial charge is 0.390 e. The summed E-state index contributed by atoms with van der Waals surface area (Å²) in [6.45, 7) is 5.99. The number of rotatable bonds is 3. The molecular weight excluding hydrogens is 210 g/mol. The molecule has 1 aliphatic rings. The Morgan fingerprint density at radius 1 is 1.50 bits per heavy atom. The molecule has 6 heteroatoms. The summed E-state index contributed by atoms with van der Waals surface area (Å²) in [6, 6.07) is 0. The van der Waals surface area contributed by atoms with Gasteiger partial charge in [-0.05, 0) is 32.7 Å². The van der Waals surface area contributed by atoms with Crippen LogP contribution in [0.25, 0.3) is 10.4 Å². The van der Waals surface area contributed by atoms with Crippen LogP contribution >= 0.6 is 0 Å². The number of nitrogens with zero attached hydrogens (tertiary/aromatic N) is 3. The molecule has 1 aliphatic heterocycles. The number of hydrogen-bond donors (Lipinski definition) is 1. The SMILES string of the molecule is CC(C)(C)OC1CC[C@H](O)[C@@H](CN=[N+]=[N-])O1. The second-order valence-corrected chi connectivity index (χ2v) is 4.89. The summed E-state index contributed by atoms with van der Waals surface area (Å²) < 4.78 is 11.2. The quantitative estimate of drug-likeness (QED) is 0.456. The van der Waals surface area contributed by atoms with Crippen molar-refractivity contribution >= 4 is 0 Å². The molecule has 1 N–H and O–H groups in total. The molecule has 6 nitrogen and oxygen atoms in total. The van der Waals surface area contributed by atoms with E-state index in [2.05, 4.69) is 10.0 Å². The van der Waals surface area contributed by atoms with Crippen LogP contribution in [0.2, 0.25) is 0 Å². The van der Waals surface area contributed by atoms with Crippen molar-refractivity contribution in [2.24, 2.45) is 5.11 Å². The van der Waals surface area contributed by atoms with E-state index in [0.717, 1.165) is 0 Å². The standard InChI is InChI=1S/C10H19N3O3/c1-10(2,3)16-9-5-4-7(14)8(15-9)6-12-13-11/h7-9,14H,4-6H2,1-3H3/t7-,8+,9?/m0/s1. The second kappa shape index (κ2) is 5.50. The first-order valence-corrected chi connectivity index (χ1v) is 5.44. The van der Waals surface area contributed by atoms with Crippen molar-refractivity contribution in [3.8, 4) is 0 Å². The van der Waals surface area contributed by atoms with Crippen LogP contribution in [0.1, 0.15) is 33.6 Å². The number of ether oxygens (including phenoxy) is 2. The molecule has 0 aromatic heterocycles. The summed E-state index contributed by atoms with van der Waals surface area (Å²) in [7, 11) is 0. The minimum atomic E-state index is -0.578. The van der Waals surface area contributed by atoms with E-state index in [-0.39, 0.29) is 18.4 Å². The van der Waals surface area contributed by atoms with Crippen LogP contribution in [-0.4, -0.2) is 35.8 Å². The number of hydrogen-bond acceptors (Lipinski definition) is 4. The molecule has 1 fully saturated rings. The average molecular weight is 229 g/mol. The summed E-state index contributed by atoms with van der Waals surface area (Å²) in [5.41, 5.74) is 7.94. The minimum Gasteiger partial charge on any atom is -0.390 e. The number of aliphatic hydroxyl groups is 1. The number of azide groups is 1. The Labute approximate surface area is 95.2 Å². The van der Waals surface area contributed by atoms with E-state index in [1.54, 1.807) is 0 Å². The van der Waals surface area contributed by atoms with Crippen LogP contribution in [-0.2, 0) is 9.47 Å². The maximum absolute atomic E-state index is 9.65. The Kier molecular flexibility index (Phi) is 4.56. The van der Waals surface area contributed by atoms with Crippen molar-refractivity contribution in [2.75, 3.05) is 6.54 Å². The van der Waals surface area contributed by atoms with Gasteiger partial charge in [-0.25, -0.2) is 0 Å². The van der Waals surface area contributed by atoms with Crippen LogP contribution in [0.15, 0.2) is 5.11 Å². The molecule has 0 aromatic carbocycles. The van der Waals surface area contributed by atoms with Crippen molar-refractivity contribution in [1.82, 2.24) is 0 Å². The molecule has 0 bridgehead atoms. The van der Waals surface area contributed by atoms with Crippen molar-refractivity contribution in [2.45, 2.75) is 57.7 Å². The topological polar surface area (TPSA) is 87.5 Å². The average Bonchev–Trinajstić information content (AvgIpc) is 2.17. The van der Waals surface area contributed by atoms with Gasteiger partial charge >= 0.3 is 0 Å². The lowest BCUT2D eigenvalue weighted by molar-refractivity contribution is -0.251. The van der Waals surface area contributed by atoms with Crippen molar-refractivity contribution in [3.05, 3.63) is 10.4 Å². The highest BCUT2D eigenvalue weighted by Gasteiger charge is 2.31. The molecule has 92 valence electrons. The van der Waals surface area contributed by atoms with Gasteiger partial charge in [0.25, 0.3) is 0 Å². The van der Waals surface area contributed by atoms with E-state index < -0.39 is 12.2 Å². The molecule has 1 saturated heterocycles. The first-order chi connectivity index (χ1) is 7.42. The Hall–Kier alpha value is -0.810. The fourth-order valence-corrected chi connectivity index (χ4v) is 1.61. The third-order valence-corrected chi connectivity index (χ3v) is 2.26. The molecule has 3 atom stereocenters. The Morgan fingerprint density at radius 3 is 2.75 bits per heavy atom. The van der Waals surface area contributed by atoms with Crippen molar-refractivity contribution in [3.63, 3.8) is 0 Å². The van der Waals surface area contributed by atoms with Crippen LogP contribution in [0.5, 0.6) is 0 Å². The maximum atomic E-state index is 9.65. The smallest absolute Gasteiger partial charge is 0.158 e. The summed E-state index contributed by atoms with van der Waals surface area (Å²) >= 11 is 0. The molecule has 1 heterocycles. The molecule has 0 amide bonds. The molecule has 0 aliphatic carbocycles. The van der Waals surface area contributed by atoms with Gasteiger partial charge in [0.15, 0.2) is 6.29 Å². The van der Waals surface area contributed by atoms with Crippen LogP contribution in [0, 0.1) is 0 Å². The molecule has 16 heavy (non-hydrogen) atoms. The maximum Gasteiger partial charge on any atom is 0.158 e. The van der Waals surface area contributed by atoms with E-state index in [0.29, 0.717) is 12.8 Å². The summed E-state index contributed by atoms with van der Waals surface area (Å²) in [6.07, 6.45) is -0.109. The molecule has 0 radical (unpaired) electrons. The zero-order chi connectivity index (χ0) is 12.2. The van der Waals surface area contributed by atoms with E-state index in [4.69, 9.17) is 15.0 Å². The van der Waals surface area contributed by atoms with Crippen molar-refractivity contribution in [1.29, 1.82) is 0 Å². The molecule has 0 aromatic rings. The molecule has 1 rings (SSSR count).